The molecule has 25 heavy (non-hydrogen) atoms. The van der Waals surface area contributed by atoms with E-state index in [0.29, 0.717) is 23.2 Å². The fraction of sp³-hybridized carbons (Fsp3) is 0.211. The van der Waals surface area contributed by atoms with E-state index in [1.165, 1.54) is 0 Å². The van der Waals surface area contributed by atoms with E-state index in [4.69, 9.17) is 16.1 Å². The minimum absolute atomic E-state index is 0.0566. The molecule has 3 rings (SSSR count). The highest BCUT2D eigenvalue weighted by Crippen LogP contribution is 2.20. The lowest BCUT2D eigenvalue weighted by Gasteiger charge is -2.11. The molecule has 0 saturated heterocycles. The van der Waals surface area contributed by atoms with E-state index < -0.39 is 0 Å². The van der Waals surface area contributed by atoms with E-state index in [1.807, 2.05) is 49.4 Å². The van der Waals surface area contributed by atoms with Crippen LogP contribution in [0.4, 0.5) is 0 Å². The van der Waals surface area contributed by atoms with Crippen molar-refractivity contribution in [1.82, 2.24) is 15.5 Å². The Balaban J connectivity index is 1.54. The van der Waals surface area contributed by atoms with Gasteiger partial charge in [0.1, 0.15) is 0 Å². The number of carbonyl (C=O) groups excluding carboxylic acids is 1. The van der Waals surface area contributed by atoms with Crippen LogP contribution in [0.1, 0.15) is 30.7 Å². The molecule has 0 aliphatic heterocycles. The molecule has 128 valence electrons. The van der Waals surface area contributed by atoms with E-state index >= 15 is 0 Å². The van der Waals surface area contributed by atoms with Crippen LogP contribution in [-0.2, 0) is 11.3 Å². The van der Waals surface area contributed by atoms with E-state index in [0.717, 1.165) is 11.1 Å². The maximum absolute atomic E-state index is 12.1. The number of halogens is 1. The van der Waals surface area contributed by atoms with Crippen molar-refractivity contribution in [1.29, 1.82) is 0 Å². The first kappa shape index (κ1) is 17.2. The van der Waals surface area contributed by atoms with Crippen LogP contribution in [-0.4, -0.2) is 16.0 Å². The highest BCUT2D eigenvalue weighted by atomic mass is 35.5. The maximum Gasteiger partial charge on any atom is 0.246 e. The maximum atomic E-state index is 12.1. The SMILES string of the molecule is CC(CC(=O)NCc1nc(-c2cccc(Cl)c2)no1)c1ccccc1. The second kappa shape index (κ2) is 7.94. The summed E-state index contributed by atoms with van der Waals surface area (Å²) < 4.78 is 5.18. The van der Waals surface area contributed by atoms with Gasteiger partial charge in [0.15, 0.2) is 0 Å². The number of carbonyl (C=O) groups is 1. The van der Waals surface area contributed by atoms with E-state index in [2.05, 4.69) is 15.5 Å². The van der Waals surface area contributed by atoms with Crippen LogP contribution >= 0.6 is 11.6 Å². The predicted octanol–water partition coefficient (Wildman–Crippen LogP) is 4.20. The van der Waals surface area contributed by atoms with Crippen molar-refractivity contribution in [3.63, 3.8) is 0 Å². The highest BCUT2D eigenvalue weighted by molar-refractivity contribution is 6.30. The van der Waals surface area contributed by atoms with Gasteiger partial charge in [0, 0.05) is 17.0 Å². The summed E-state index contributed by atoms with van der Waals surface area (Å²) in [5, 5.41) is 7.34. The van der Waals surface area contributed by atoms with Gasteiger partial charge >= 0.3 is 0 Å². The number of rotatable bonds is 6. The topological polar surface area (TPSA) is 68.0 Å². The lowest BCUT2D eigenvalue weighted by molar-refractivity contribution is -0.121. The Morgan fingerprint density at radius 1 is 1.20 bits per heavy atom. The largest absolute Gasteiger partial charge is 0.347 e. The summed E-state index contributed by atoms with van der Waals surface area (Å²) in [7, 11) is 0. The molecular formula is C19H18ClN3O2. The monoisotopic (exact) mass is 355 g/mol. The fourth-order valence-electron chi connectivity index (χ4n) is 2.50. The van der Waals surface area contributed by atoms with Gasteiger partial charge in [-0.15, -0.1) is 0 Å². The van der Waals surface area contributed by atoms with Crippen LogP contribution in [0, 0.1) is 0 Å². The van der Waals surface area contributed by atoms with Crippen LogP contribution in [0.3, 0.4) is 0 Å². The van der Waals surface area contributed by atoms with Crippen LogP contribution in [0.15, 0.2) is 59.1 Å². The third kappa shape index (κ3) is 4.67. The van der Waals surface area contributed by atoms with E-state index in [-0.39, 0.29) is 18.4 Å². The van der Waals surface area contributed by atoms with Gasteiger partial charge in [-0.05, 0) is 23.6 Å². The Kier molecular flexibility index (Phi) is 5.46. The van der Waals surface area contributed by atoms with Crippen molar-refractivity contribution in [3.05, 3.63) is 71.1 Å². The van der Waals surface area contributed by atoms with Gasteiger partial charge in [-0.25, -0.2) is 0 Å². The predicted molar refractivity (Wildman–Crippen MR) is 96.1 cm³/mol. The highest BCUT2D eigenvalue weighted by Gasteiger charge is 2.13. The first-order valence-corrected chi connectivity index (χ1v) is 8.40. The van der Waals surface area contributed by atoms with Gasteiger partial charge in [-0.2, -0.15) is 4.98 Å². The van der Waals surface area contributed by atoms with Gasteiger partial charge in [0.25, 0.3) is 0 Å². The quantitative estimate of drug-likeness (QED) is 0.719. The van der Waals surface area contributed by atoms with Crippen molar-refractivity contribution in [2.45, 2.75) is 25.8 Å². The molecule has 0 aliphatic rings. The molecule has 0 spiro atoms. The van der Waals surface area contributed by atoms with E-state index in [9.17, 15) is 4.79 Å². The molecule has 6 heteroatoms. The molecule has 1 aromatic heterocycles. The van der Waals surface area contributed by atoms with Crippen molar-refractivity contribution in [3.8, 4) is 11.4 Å². The van der Waals surface area contributed by atoms with Crippen LogP contribution < -0.4 is 5.32 Å². The van der Waals surface area contributed by atoms with Gasteiger partial charge in [0.05, 0.1) is 6.54 Å². The Morgan fingerprint density at radius 2 is 2.00 bits per heavy atom. The van der Waals surface area contributed by atoms with Gasteiger partial charge in [-0.3, -0.25) is 4.79 Å². The number of amides is 1. The van der Waals surface area contributed by atoms with Crippen LogP contribution in [0.5, 0.6) is 0 Å². The molecule has 1 atom stereocenters. The molecular weight excluding hydrogens is 338 g/mol. The summed E-state index contributed by atoms with van der Waals surface area (Å²) in [5.41, 5.74) is 1.91. The zero-order chi connectivity index (χ0) is 17.6. The Morgan fingerprint density at radius 3 is 2.76 bits per heavy atom. The summed E-state index contributed by atoms with van der Waals surface area (Å²) in [5.74, 6) is 0.893. The number of nitrogens with one attached hydrogen (secondary N) is 1. The van der Waals surface area contributed by atoms with Gasteiger partial charge < -0.3 is 9.84 Å². The molecule has 1 N–H and O–H groups in total. The molecule has 0 aliphatic carbocycles. The van der Waals surface area contributed by atoms with E-state index in [1.54, 1.807) is 12.1 Å². The molecule has 3 aromatic rings. The molecule has 1 unspecified atom stereocenters. The average molecular weight is 356 g/mol. The third-order valence-electron chi connectivity index (χ3n) is 3.85. The zero-order valence-corrected chi connectivity index (χ0v) is 14.5. The number of nitrogens with zero attached hydrogens (tertiary/aromatic N) is 2. The zero-order valence-electron chi connectivity index (χ0n) is 13.8. The van der Waals surface area contributed by atoms with Crippen LogP contribution in [0.25, 0.3) is 11.4 Å². The van der Waals surface area contributed by atoms with Crippen molar-refractivity contribution < 1.29 is 9.32 Å². The summed E-state index contributed by atoms with van der Waals surface area (Å²) in [6, 6.07) is 17.2. The molecule has 0 saturated carbocycles. The van der Waals surface area contributed by atoms with Crippen molar-refractivity contribution >= 4 is 17.5 Å². The van der Waals surface area contributed by atoms with Crippen molar-refractivity contribution in [2.75, 3.05) is 0 Å². The lowest BCUT2D eigenvalue weighted by Crippen LogP contribution is -2.24. The Labute approximate surface area is 151 Å². The Hall–Kier alpha value is -2.66. The van der Waals surface area contributed by atoms with Gasteiger partial charge in [0.2, 0.25) is 17.6 Å². The minimum Gasteiger partial charge on any atom is -0.347 e. The fourth-order valence-corrected chi connectivity index (χ4v) is 2.69. The number of benzene rings is 2. The van der Waals surface area contributed by atoms with Crippen molar-refractivity contribution in [2.24, 2.45) is 0 Å². The number of hydrogen-bond donors (Lipinski definition) is 1. The standard InChI is InChI=1S/C19H18ClN3O2/c1-13(14-6-3-2-4-7-14)10-17(24)21-12-18-22-19(23-25-18)15-8-5-9-16(20)11-15/h2-9,11,13H,10,12H2,1H3,(H,21,24). The minimum atomic E-state index is -0.0566. The molecule has 2 aromatic carbocycles. The molecule has 0 bridgehead atoms. The normalized spacial score (nSPS) is 11.9. The average Bonchev–Trinajstić information content (AvgIpc) is 3.10. The smallest absolute Gasteiger partial charge is 0.246 e. The number of hydrogen-bond acceptors (Lipinski definition) is 4. The van der Waals surface area contributed by atoms with Crippen LogP contribution in [0.2, 0.25) is 5.02 Å². The first-order valence-electron chi connectivity index (χ1n) is 8.02. The lowest BCUT2D eigenvalue weighted by atomic mass is 9.98. The third-order valence-corrected chi connectivity index (χ3v) is 4.08. The molecule has 0 radical (unpaired) electrons. The second-order valence-corrected chi connectivity index (χ2v) is 6.25. The number of aromatic nitrogens is 2. The second-order valence-electron chi connectivity index (χ2n) is 5.81. The summed E-state index contributed by atoms with van der Waals surface area (Å²) >= 11 is 5.96. The summed E-state index contributed by atoms with van der Waals surface area (Å²) in [6.07, 6.45) is 0.402. The Bertz CT molecular complexity index is 849. The summed E-state index contributed by atoms with van der Waals surface area (Å²) in [6.45, 7) is 2.23. The summed E-state index contributed by atoms with van der Waals surface area (Å²) in [4.78, 5) is 16.4. The molecule has 0 fully saturated rings. The molecule has 5 nitrogen and oxygen atoms in total. The molecule has 1 amide bonds. The van der Waals surface area contributed by atoms with Gasteiger partial charge in [-0.1, -0.05) is 66.1 Å². The molecule has 1 heterocycles. The first-order chi connectivity index (χ1) is 12.1.